The third kappa shape index (κ3) is 3.56. The lowest BCUT2D eigenvalue weighted by molar-refractivity contribution is -0.123. The van der Waals surface area contributed by atoms with Crippen LogP contribution in [-0.2, 0) is 10.3 Å². The van der Waals surface area contributed by atoms with Gasteiger partial charge < -0.3 is 15.2 Å². The van der Waals surface area contributed by atoms with Crippen molar-refractivity contribution in [1.29, 1.82) is 0 Å². The number of urea groups is 1. The van der Waals surface area contributed by atoms with E-state index in [1.54, 1.807) is 49.4 Å². The average Bonchev–Trinajstić information content (AvgIpc) is 3.17. The summed E-state index contributed by atoms with van der Waals surface area (Å²) in [7, 11) is 0. The van der Waals surface area contributed by atoms with Gasteiger partial charge in [-0.2, -0.15) is 0 Å². The maximum absolute atomic E-state index is 13.3. The van der Waals surface area contributed by atoms with Crippen LogP contribution in [0.4, 0.5) is 14.9 Å². The first kappa shape index (κ1) is 20.3. The molecule has 0 radical (unpaired) electrons. The minimum absolute atomic E-state index is 0.316. The Morgan fingerprint density at radius 1 is 1.06 bits per heavy atom. The van der Waals surface area contributed by atoms with E-state index in [0.29, 0.717) is 22.5 Å². The number of benzene rings is 2. The summed E-state index contributed by atoms with van der Waals surface area (Å²) in [6.07, 6.45) is 0. The van der Waals surface area contributed by atoms with Crippen LogP contribution < -0.4 is 16.0 Å². The van der Waals surface area contributed by atoms with Crippen LogP contribution in [0.1, 0.15) is 34.2 Å². The van der Waals surface area contributed by atoms with Crippen molar-refractivity contribution >= 4 is 23.5 Å². The van der Waals surface area contributed by atoms with Gasteiger partial charge in [0.1, 0.15) is 11.4 Å². The fraction of sp³-hybridized carbons (Fsp3) is 0.174. The van der Waals surface area contributed by atoms with E-state index in [9.17, 15) is 18.8 Å². The maximum atomic E-state index is 13.3. The molecule has 0 bridgehead atoms. The second-order valence-electron chi connectivity index (χ2n) is 7.66. The molecule has 1 saturated heterocycles. The molecule has 3 aromatic rings. The molecule has 7 nitrogen and oxygen atoms in total. The number of imide groups is 1. The zero-order valence-corrected chi connectivity index (χ0v) is 17.2. The molecule has 3 N–H and O–H groups in total. The average molecular weight is 420 g/mol. The Morgan fingerprint density at radius 2 is 1.77 bits per heavy atom. The minimum Gasteiger partial charge on any atom is -0.322 e. The molecule has 1 aliphatic heterocycles. The number of carbonyl (C=O) groups excluding carboxylic acids is 3. The SMILES string of the molecule is Cc1cc(C(=O)Nc2cccc(C3(C)NC(=O)NC3=O)c2)c(C)n1-c1ccc(F)cc1. The van der Waals surface area contributed by atoms with E-state index in [4.69, 9.17) is 0 Å². The number of amides is 4. The van der Waals surface area contributed by atoms with E-state index in [1.807, 2.05) is 18.4 Å². The van der Waals surface area contributed by atoms with Gasteiger partial charge in [-0.15, -0.1) is 0 Å². The Kier molecular flexibility index (Phi) is 4.85. The number of nitrogens with zero attached hydrogens (tertiary/aromatic N) is 1. The van der Waals surface area contributed by atoms with Crippen molar-refractivity contribution < 1.29 is 18.8 Å². The summed E-state index contributed by atoms with van der Waals surface area (Å²) < 4.78 is 15.2. The van der Waals surface area contributed by atoms with Crippen molar-refractivity contribution in [2.75, 3.05) is 5.32 Å². The van der Waals surface area contributed by atoms with Crippen molar-refractivity contribution in [3.05, 3.63) is 82.9 Å². The van der Waals surface area contributed by atoms with Crippen LogP contribution >= 0.6 is 0 Å². The summed E-state index contributed by atoms with van der Waals surface area (Å²) in [6, 6.07) is 14.0. The number of anilines is 1. The Morgan fingerprint density at radius 3 is 2.42 bits per heavy atom. The zero-order chi connectivity index (χ0) is 22.3. The van der Waals surface area contributed by atoms with Gasteiger partial charge in [-0.3, -0.25) is 14.9 Å². The van der Waals surface area contributed by atoms with E-state index < -0.39 is 17.5 Å². The van der Waals surface area contributed by atoms with Crippen LogP contribution in [0.5, 0.6) is 0 Å². The summed E-state index contributed by atoms with van der Waals surface area (Å²) in [4.78, 5) is 36.7. The molecule has 0 spiro atoms. The quantitative estimate of drug-likeness (QED) is 0.564. The Bertz CT molecular complexity index is 1220. The number of hydrogen-bond acceptors (Lipinski definition) is 3. The van der Waals surface area contributed by atoms with Gasteiger partial charge in [-0.1, -0.05) is 12.1 Å². The highest BCUT2D eigenvalue weighted by molar-refractivity contribution is 6.08. The van der Waals surface area contributed by atoms with E-state index in [-0.39, 0.29) is 11.7 Å². The van der Waals surface area contributed by atoms with Crippen molar-refractivity contribution in [1.82, 2.24) is 15.2 Å². The van der Waals surface area contributed by atoms with E-state index >= 15 is 0 Å². The van der Waals surface area contributed by atoms with Crippen LogP contribution in [-0.4, -0.2) is 22.4 Å². The molecule has 0 aliphatic carbocycles. The number of nitrogens with one attached hydrogen (secondary N) is 3. The highest BCUT2D eigenvalue weighted by Crippen LogP contribution is 2.27. The molecule has 0 saturated carbocycles. The molecule has 2 heterocycles. The van der Waals surface area contributed by atoms with Gasteiger partial charge in [0.2, 0.25) is 0 Å². The minimum atomic E-state index is -1.21. The lowest BCUT2D eigenvalue weighted by Gasteiger charge is -2.21. The number of aromatic nitrogens is 1. The van der Waals surface area contributed by atoms with Gasteiger partial charge in [0.15, 0.2) is 0 Å². The largest absolute Gasteiger partial charge is 0.322 e. The monoisotopic (exact) mass is 420 g/mol. The number of carbonyl (C=O) groups is 3. The second-order valence-corrected chi connectivity index (χ2v) is 7.66. The summed E-state index contributed by atoms with van der Waals surface area (Å²) in [5.74, 6) is -1.10. The highest BCUT2D eigenvalue weighted by atomic mass is 19.1. The van der Waals surface area contributed by atoms with Gasteiger partial charge >= 0.3 is 6.03 Å². The Hall–Kier alpha value is -3.94. The molecule has 1 fully saturated rings. The third-order valence-electron chi connectivity index (χ3n) is 5.50. The molecule has 2 aromatic carbocycles. The first-order valence-electron chi connectivity index (χ1n) is 9.69. The maximum Gasteiger partial charge on any atom is 0.322 e. The molecule has 31 heavy (non-hydrogen) atoms. The molecule has 4 rings (SSSR count). The smallest absolute Gasteiger partial charge is 0.322 e. The summed E-state index contributed by atoms with van der Waals surface area (Å²) in [5, 5.41) is 7.68. The standard InChI is InChI=1S/C23H21FN4O3/c1-13-11-19(14(2)28(13)18-9-7-16(24)8-10-18)20(29)25-17-6-4-5-15(12-17)23(3)21(30)26-22(31)27-23/h4-12H,1-3H3,(H,25,29)(H2,26,27,30,31). The van der Waals surface area contributed by atoms with Gasteiger partial charge in [-0.05, 0) is 68.8 Å². The van der Waals surface area contributed by atoms with E-state index in [0.717, 1.165) is 11.4 Å². The highest BCUT2D eigenvalue weighted by Gasteiger charge is 2.43. The van der Waals surface area contributed by atoms with Crippen molar-refractivity contribution in [2.45, 2.75) is 26.3 Å². The predicted octanol–water partition coefficient (Wildman–Crippen LogP) is 3.54. The number of rotatable bonds is 4. The van der Waals surface area contributed by atoms with Crippen LogP contribution in [0.2, 0.25) is 0 Å². The van der Waals surface area contributed by atoms with Crippen LogP contribution in [0.3, 0.4) is 0 Å². The molecule has 1 unspecified atom stereocenters. The lowest BCUT2D eigenvalue weighted by Crippen LogP contribution is -2.40. The number of hydrogen-bond donors (Lipinski definition) is 3. The molecular weight excluding hydrogens is 399 g/mol. The van der Waals surface area contributed by atoms with Crippen molar-refractivity contribution in [3.8, 4) is 5.69 Å². The fourth-order valence-corrected chi connectivity index (χ4v) is 3.83. The molecule has 1 aliphatic rings. The molecule has 1 aromatic heterocycles. The Labute approximate surface area is 178 Å². The number of aryl methyl sites for hydroxylation is 1. The van der Waals surface area contributed by atoms with Gasteiger partial charge in [-0.25, -0.2) is 9.18 Å². The Balaban J connectivity index is 1.61. The van der Waals surface area contributed by atoms with E-state index in [1.165, 1.54) is 12.1 Å². The van der Waals surface area contributed by atoms with Gasteiger partial charge in [0.05, 0.1) is 5.56 Å². The van der Waals surface area contributed by atoms with Crippen LogP contribution in [0.15, 0.2) is 54.6 Å². The normalized spacial score (nSPS) is 17.9. The van der Waals surface area contributed by atoms with Crippen molar-refractivity contribution in [2.24, 2.45) is 0 Å². The second kappa shape index (κ2) is 7.39. The van der Waals surface area contributed by atoms with Crippen LogP contribution in [0, 0.1) is 19.7 Å². The third-order valence-corrected chi connectivity index (χ3v) is 5.50. The van der Waals surface area contributed by atoms with Crippen LogP contribution in [0.25, 0.3) is 5.69 Å². The van der Waals surface area contributed by atoms with Gasteiger partial charge in [0.25, 0.3) is 11.8 Å². The van der Waals surface area contributed by atoms with E-state index in [2.05, 4.69) is 16.0 Å². The van der Waals surface area contributed by atoms with Crippen molar-refractivity contribution in [3.63, 3.8) is 0 Å². The fourth-order valence-electron chi connectivity index (χ4n) is 3.83. The summed E-state index contributed by atoms with van der Waals surface area (Å²) in [5.41, 5.74) is 2.61. The summed E-state index contributed by atoms with van der Waals surface area (Å²) in [6.45, 7) is 5.29. The predicted molar refractivity (Wildman–Crippen MR) is 114 cm³/mol. The molecule has 4 amide bonds. The molecule has 1 atom stereocenters. The molecule has 158 valence electrons. The number of halogens is 1. The molecular formula is C23H21FN4O3. The van der Waals surface area contributed by atoms with Gasteiger partial charge in [0, 0.05) is 22.8 Å². The first-order valence-corrected chi connectivity index (χ1v) is 9.69. The first-order chi connectivity index (χ1) is 14.7. The lowest BCUT2D eigenvalue weighted by atomic mass is 9.92. The zero-order valence-electron chi connectivity index (χ0n) is 17.2. The summed E-state index contributed by atoms with van der Waals surface area (Å²) >= 11 is 0. The topological polar surface area (TPSA) is 92.2 Å². The molecule has 8 heteroatoms.